The number of aryl methyl sites for hydroxylation is 1. The molecule has 0 saturated heterocycles. The highest BCUT2D eigenvalue weighted by Gasteiger charge is 2.10. The molecule has 21 heavy (non-hydrogen) atoms. The van der Waals surface area contributed by atoms with Crippen molar-refractivity contribution in [2.75, 3.05) is 6.54 Å². The molecular formula is C15H17F2NO3. The van der Waals surface area contributed by atoms with Crippen molar-refractivity contribution in [1.29, 1.82) is 0 Å². The van der Waals surface area contributed by atoms with Gasteiger partial charge in [-0.3, -0.25) is 0 Å². The predicted molar refractivity (Wildman–Crippen MR) is 73.2 cm³/mol. The van der Waals surface area contributed by atoms with Crippen molar-refractivity contribution in [2.45, 2.75) is 26.2 Å². The van der Waals surface area contributed by atoms with E-state index < -0.39 is 12.7 Å². The average molecular weight is 297 g/mol. The largest absolute Gasteiger partial charge is 0.465 e. The van der Waals surface area contributed by atoms with E-state index in [-0.39, 0.29) is 12.3 Å². The number of furan rings is 1. The van der Waals surface area contributed by atoms with Crippen molar-refractivity contribution in [3.05, 3.63) is 53.5 Å². The van der Waals surface area contributed by atoms with Gasteiger partial charge in [0.05, 0.1) is 12.6 Å². The fraction of sp³-hybridized carbons (Fsp3) is 0.333. The minimum Gasteiger partial charge on any atom is -0.465 e. The molecule has 1 aromatic carbocycles. The van der Waals surface area contributed by atoms with Crippen LogP contribution in [0.25, 0.3) is 0 Å². The number of benzene rings is 1. The van der Waals surface area contributed by atoms with Crippen molar-refractivity contribution >= 4 is 0 Å². The maximum Gasteiger partial charge on any atom is 0.387 e. The molecule has 0 aliphatic rings. The molecule has 0 radical (unpaired) electrons. The van der Waals surface area contributed by atoms with Gasteiger partial charge in [-0.2, -0.15) is 8.78 Å². The van der Waals surface area contributed by atoms with Crippen LogP contribution in [-0.4, -0.2) is 18.3 Å². The lowest BCUT2D eigenvalue weighted by Crippen LogP contribution is -2.20. The van der Waals surface area contributed by atoms with Gasteiger partial charge >= 0.3 is 6.61 Å². The van der Waals surface area contributed by atoms with E-state index in [9.17, 15) is 13.9 Å². The number of alkyl halides is 2. The molecule has 2 aromatic rings. The molecule has 0 aliphatic carbocycles. The van der Waals surface area contributed by atoms with Gasteiger partial charge in [0.2, 0.25) is 0 Å². The van der Waals surface area contributed by atoms with Gasteiger partial charge < -0.3 is 19.6 Å². The number of nitrogens with one attached hydrogen (secondary N) is 1. The topological polar surface area (TPSA) is 54.6 Å². The fourth-order valence-electron chi connectivity index (χ4n) is 1.93. The summed E-state index contributed by atoms with van der Waals surface area (Å²) in [6.45, 7) is -0.263. The molecule has 0 saturated carbocycles. The van der Waals surface area contributed by atoms with E-state index in [4.69, 9.17) is 4.42 Å². The maximum absolute atomic E-state index is 12.1. The Morgan fingerprint density at radius 2 is 2.10 bits per heavy atom. The number of aliphatic hydroxyl groups is 1. The van der Waals surface area contributed by atoms with Crippen molar-refractivity contribution in [1.82, 2.24) is 5.32 Å². The number of hydrogen-bond donors (Lipinski definition) is 2. The van der Waals surface area contributed by atoms with Gasteiger partial charge in [0.1, 0.15) is 17.3 Å². The molecule has 1 aromatic heterocycles. The van der Waals surface area contributed by atoms with E-state index in [1.807, 2.05) is 19.1 Å². The molecule has 2 N–H and O–H groups in total. The summed E-state index contributed by atoms with van der Waals surface area (Å²) in [4.78, 5) is 0. The van der Waals surface area contributed by atoms with E-state index in [0.29, 0.717) is 12.1 Å². The lowest BCUT2D eigenvalue weighted by Gasteiger charge is -2.13. The van der Waals surface area contributed by atoms with E-state index in [1.165, 1.54) is 12.1 Å². The second-order valence-corrected chi connectivity index (χ2v) is 4.61. The van der Waals surface area contributed by atoms with Crippen LogP contribution in [0.2, 0.25) is 0 Å². The summed E-state index contributed by atoms with van der Waals surface area (Å²) in [7, 11) is 0. The van der Waals surface area contributed by atoms with Gasteiger partial charge in [0.15, 0.2) is 0 Å². The summed E-state index contributed by atoms with van der Waals surface area (Å²) in [5.41, 5.74) is 0.510. The molecule has 114 valence electrons. The standard InChI is InChI=1S/C15H17F2NO3/c1-10-5-6-13(20-10)8-18-9-14(19)11-3-2-4-12(7-11)21-15(16)17/h2-7,14-15,18-19H,8-9H2,1H3. The maximum atomic E-state index is 12.1. The minimum atomic E-state index is -2.88. The van der Waals surface area contributed by atoms with Gasteiger partial charge in [-0.1, -0.05) is 12.1 Å². The van der Waals surface area contributed by atoms with Crippen LogP contribution in [-0.2, 0) is 6.54 Å². The molecule has 1 atom stereocenters. The zero-order valence-corrected chi connectivity index (χ0v) is 11.6. The molecule has 4 nitrogen and oxygen atoms in total. The highest BCUT2D eigenvalue weighted by atomic mass is 19.3. The first kappa shape index (κ1) is 15.5. The van der Waals surface area contributed by atoms with Crippen LogP contribution in [0.5, 0.6) is 5.75 Å². The van der Waals surface area contributed by atoms with Crippen LogP contribution in [0, 0.1) is 6.92 Å². The molecule has 6 heteroatoms. The molecule has 2 rings (SSSR count). The Morgan fingerprint density at radius 3 is 2.76 bits per heavy atom. The normalized spacial score (nSPS) is 12.6. The summed E-state index contributed by atoms with van der Waals surface area (Å²) in [5.74, 6) is 1.63. The Kier molecular flexibility index (Phi) is 5.30. The first-order valence-corrected chi connectivity index (χ1v) is 6.53. The van der Waals surface area contributed by atoms with Crippen LogP contribution >= 0.6 is 0 Å². The summed E-state index contributed by atoms with van der Waals surface area (Å²) in [5, 5.41) is 13.1. The number of rotatable bonds is 7. The van der Waals surface area contributed by atoms with Gasteiger partial charge in [-0.05, 0) is 36.8 Å². The van der Waals surface area contributed by atoms with Crippen molar-refractivity contribution in [3.63, 3.8) is 0 Å². The van der Waals surface area contributed by atoms with Crippen molar-refractivity contribution in [2.24, 2.45) is 0 Å². The molecule has 0 aliphatic heterocycles. The third-order valence-corrected chi connectivity index (χ3v) is 2.90. The monoisotopic (exact) mass is 297 g/mol. The fourth-order valence-corrected chi connectivity index (χ4v) is 1.93. The Hall–Kier alpha value is -1.92. The summed E-state index contributed by atoms with van der Waals surface area (Å²) in [6, 6.07) is 9.75. The third kappa shape index (κ3) is 4.84. The zero-order valence-electron chi connectivity index (χ0n) is 11.6. The van der Waals surface area contributed by atoms with Crippen LogP contribution in [0.3, 0.4) is 0 Å². The third-order valence-electron chi connectivity index (χ3n) is 2.90. The van der Waals surface area contributed by atoms with E-state index in [0.717, 1.165) is 11.5 Å². The lowest BCUT2D eigenvalue weighted by molar-refractivity contribution is -0.0499. The van der Waals surface area contributed by atoms with Crippen LogP contribution in [0.4, 0.5) is 8.78 Å². The van der Waals surface area contributed by atoms with Crippen LogP contribution < -0.4 is 10.1 Å². The number of ether oxygens (including phenoxy) is 1. The molecule has 1 heterocycles. The van der Waals surface area contributed by atoms with E-state index in [1.54, 1.807) is 12.1 Å². The molecule has 0 amide bonds. The lowest BCUT2D eigenvalue weighted by atomic mass is 10.1. The average Bonchev–Trinajstić information content (AvgIpc) is 2.84. The van der Waals surface area contributed by atoms with Crippen molar-refractivity contribution in [3.8, 4) is 5.75 Å². The quantitative estimate of drug-likeness (QED) is 0.825. The molecule has 0 fully saturated rings. The summed E-state index contributed by atoms with van der Waals surface area (Å²) >= 11 is 0. The second-order valence-electron chi connectivity index (χ2n) is 4.61. The molecule has 0 spiro atoms. The zero-order chi connectivity index (χ0) is 15.2. The van der Waals surface area contributed by atoms with E-state index >= 15 is 0 Å². The Bertz CT molecular complexity index is 572. The number of aliphatic hydroxyl groups excluding tert-OH is 1. The SMILES string of the molecule is Cc1ccc(CNCC(O)c2cccc(OC(F)F)c2)o1. The highest BCUT2D eigenvalue weighted by Crippen LogP contribution is 2.20. The smallest absolute Gasteiger partial charge is 0.387 e. The van der Waals surface area contributed by atoms with Gasteiger partial charge in [-0.25, -0.2) is 0 Å². The summed E-state index contributed by atoms with van der Waals surface area (Å²) in [6.07, 6.45) is -0.817. The van der Waals surface area contributed by atoms with Crippen LogP contribution in [0.1, 0.15) is 23.2 Å². The minimum absolute atomic E-state index is 0.0307. The summed E-state index contributed by atoms with van der Waals surface area (Å²) < 4.78 is 34.0. The molecule has 1 unspecified atom stereocenters. The van der Waals surface area contributed by atoms with Gasteiger partial charge in [-0.15, -0.1) is 0 Å². The van der Waals surface area contributed by atoms with Gasteiger partial charge in [0.25, 0.3) is 0 Å². The molecular weight excluding hydrogens is 280 g/mol. The Labute approximate surface area is 121 Å². The highest BCUT2D eigenvalue weighted by molar-refractivity contribution is 5.30. The first-order valence-electron chi connectivity index (χ1n) is 6.53. The second kappa shape index (κ2) is 7.19. The van der Waals surface area contributed by atoms with Crippen molar-refractivity contribution < 1.29 is 23.0 Å². The number of halogens is 2. The molecule has 0 bridgehead atoms. The number of hydrogen-bond acceptors (Lipinski definition) is 4. The Morgan fingerprint density at radius 1 is 1.29 bits per heavy atom. The van der Waals surface area contributed by atoms with Gasteiger partial charge in [0, 0.05) is 6.54 Å². The first-order chi connectivity index (χ1) is 10.0. The van der Waals surface area contributed by atoms with E-state index in [2.05, 4.69) is 10.1 Å². The Balaban J connectivity index is 1.86. The van der Waals surface area contributed by atoms with Crippen LogP contribution in [0.15, 0.2) is 40.8 Å². The predicted octanol–water partition coefficient (Wildman–Crippen LogP) is 3.01.